The Hall–Kier alpha value is -2.64. The monoisotopic (exact) mass is 422 g/mol. The lowest BCUT2D eigenvalue weighted by atomic mass is 9.97. The van der Waals surface area contributed by atoms with Crippen LogP contribution >= 0.6 is 0 Å². The van der Waals surface area contributed by atoms with Gasteiger partial charge in [0.15, 0.2) is 8.07 Å². The van der Waals surface area contributed by atoms with Gasteiger partial charge in [-0.25, -0.2) is 0 Å². The first-order valence-electron chi connectivity index (χ1n) is 11.6. The van der Waals surface area contributed by atoms with Crippen molar-refractivity contribution in [3.63, 3.8) is 0 Å². The molecule has 1 heteroatoms. The third-order valence-corrected chi connectivity index (χ3v) is 12.1. The molecule has 31 heavy (non-hydrogen) atoms. The maximum atomic E-state index is 2.50. The minimum Gasteiger partial charge on any atom is -0.0790 e. The van der Waals surface area contributed by atoms with Crippen molar-refractivity contribution in [1.29, 1.82) is 0 Å². The van der Waals surface area contributed by atoms with Gasteiger partial charge >= 0.3 is 0 Å². The number of allylic oxidation sites excluding steroid dienone is 4. The van der Waals surface area contributed by atoms with E-state index in [0.717, 1.165) is 0 Å². The van der Waals surface area contributed by atoms with Gasteiger partial charge in [0.1, 0.15) is 0 Å². The van der Waals surface area contributed by atoms with Gasteiger partial charge in [-0.05, 0) is 48.7 Å². The summed E-state index contributed by atoms with van der Waals surface area (Å²) in [5.74, 6) is 0.575. The molecule has 1 aliphatic carbocycles. The molecule has 0 radical (unpaired) electrons. The van der Waals surface area contributed by atoms with Gasteiger partial charge in [0.05, 0.1) is 0 Å². The molecule has 0 aliphatic heterocycles. The largest absolute Gasteiger partial charge is 0.159 e. The SMILES string of the molecule is CCC(C)C1=CC=CC1[Si](c1cccc(C)c1)(c1cccc(C)c1)c1cccc(C)c1. The Kier molecular flexibility index (Phi) is 6.16. The van der Waals surface area contributed by atoms with Crippen LogP contribution < -0.4 is 15.6 Å². The molecular formula is C30H34Si. The highest BCUT2D eigenvalue weighted by atomic mass is 28.3. The summed E-state index contributed by atoms with van der Waals surface area (Å²) in [6, 6.07) is 28.0. The molecule has 0 nitrogen and oxygen atoms in total. The molecule has 0 bridgehead atoms. The highest BCUT2D eigenvalue weighted by molar-refractivity contribution is 7.13. The van der Waals surface area contributed by atoms with Crippen molar-refractivity contribution in [3.8, 4) is 0 Å². The maximum Gasteiger partial charge on any atom is 0.159 e. The molecule has 0 heterocycles. The van der Waals surface area contributed by atoms with Crippen LogP contribution in [0.2, 0.25) is 5.54 Å². The van der Waals surface area contributed by atoms with Gasteiger partial charge in [-0.1, -0.05) is 127 Å². The lowest BCUT2D eigenvalue weighted by molar-refractivity contribution is 0.643. The summed E-state index contributed by atoms with van der Waals surface area (Å²) in [5.41, 5.74) is 6.04. The Morgan fingerprint density at radius 2 is 1.19 bits per heavy atom. The molecule has 2 unspecified atom stereocenters. The van der Waals surface area contributed by atoms with E-state index in [0.29, 0.717) is 11.5 Å². The second-order valence-electron chi connectivity index (χ2n) is 9.25. The Morgan fingerprint density at radius 3 is 1.58 bits per heavy atom. The number of aryl methyl sites for hydroxylation is 3. The summed E-state index contributed by atoms with van der Waals surface area (Å²) in [4.78, 5) is 0. The van der Waals surface area contributed by atoms with Crippen molar-refractivity contribution in [3.05, 3.63) is 113 Å². The summed E-state index contributed by atoms with van der Waals surface area (Å²) in [6.45, 7) is 11.4. The maximum absolute atomic E-state index is 2.50. The molecule has 0 saturated heterocycles. The molecule has 0 aromatic heterocycles. The van der Waals surface area contributed by atoms with Gasteiger partial charge in [0.25, 0.3) is 0 Å². The predicted molar refractivity (Wildman–Crippen MR) is 139 cm³/mol. The average Bonchev–Trinajstić information content (AvgIpc) is 3.24. The summed E-state index contributed by atoms with van der Waals surface area (Å²) in [6.07, 6.45) is 8.39. The summed E-state index contributed by atoms with van der Waals surface area (Å²) in [5, 5.41) is 4.53. The van der Waals surface area contributed by atoms with Crippen molar-refractivity contribution >= 4 is 23.6 Å². The van der Waals surface area contributed by atoms with Gasteiger partial charge in [-0.3, -0.25) is 0 Å². The fourth-order valence-electron chi connectivity index (χ4n) is 5.30. The zero-order chi connectivity index (χ0) is 22.0. The highest BCUT2D eigenvalue weighted by Crippen LogP contribution is 2.40. The van der Waals surface area contributed by atoms with Gasteiger partial charge < -0.3 is 0 Å². The molecule has 0 amide bonds. The normalized spacial score (nSPS) is 16.9. The van der Waals surface area contributed by atoms with Crippen molar-refractivity contribution < 1.29 is 0 Å². The van der Waals surface area contributed by atoms with Gasteiger partial charge in [0.2, 0.25) is 0 Å². The van der Waals surface area contributed by atoms with Crippen molar-refractivity contribution in [1.82, 2.24) is 0 Å². The van der Waals surface area contributed by atoms with E-state index in [-0.39, 0.29) is 0 Å². The molecule has 0 spiro atoms. The van der Waals surface area contributed by atoms with Crippen LogP contribution in [0.1, 0.15) is 37.0 Å². The van der Waals surface area contributed by atoms with Crippen LogP contribution in [0.3, 0.4) is 0 Å². The summed E-state index contributed by atoms with van der Waals surface area (Å²) in [7, 11) is -2.38. The van der Waals surface area contributed by atoms with Crippen molar-refractivity contribution in [2.45, 2.75) is 46.6 Å². The molecule has 2 atom stereocenters. The van der Waals surface area contributed by atoms with E-state index in [4.69, 9.17) is 0 Å². The van der Waals surface area contributed by atoms with Gasteiger partial charge in [-0.15, -0.1) is 0 Å². The second kappa shape index (κ2) is 8.84. The van der Waals surface area contributed by atoms with Crippen LogP contribution in [0.25, 0.3) is 0 Å². The summed E-state index contributed by atoms with van der Waals surface area (Å²) >= 11 is 0. The van der Waals surface area contributed by atoms with Crippen molar-refractivity contribution in [2.75, 3.05) is 0 Å². The first-order chi connectivity index (χ1) is 15.0. The lowest BCUT2D eigenvalue weighted by Crippen LogP contribution is -2.70. The van der Waals surface area contributed by atoms with Crippen LogP contribution in [0.4, 0.5) is 0 Å². The minimum absolute atomic E-state index is 0.424. The molecule has 1 aliphatic rings. The lowest BCUT2D eigenvalue weighted by Gasteiger charge is -2.41. The van der Waals surface area contributed by atoms with Crippen LogP contribution in [0.15, 0.2) is 96.6 Å². The standard InChI is InChI=1S/C30H34Si/c1-6-25(5)29-17-10-18-30(29)31(26-14-7-11-22(2)19-26,27-15-8-12-23(3)20-27)28-16-9-13-24(4)21-28/h7-21,25,30H,6H2,1-5H3. The zero-order valence-corrected chi connectivity index (χ0v) is 20.5. The first-order valence-corrected chi connectivity index (χ1v) is 13.6. The Labute approximate surface area is 189 Å². The third kappa shape index (κ3) is 3.88. The van der Waals surface area contributed by atoms with Gasteiger partial charge in [-0.2, -0.15) is 0 Å². The fraction of sp³-hybridized carbons (Fsp3) is 0.267. The van der Waals surface area contributed by atoms with E-state index in [1.165, 1.54) is 38.7 Å². The molecule has 0 fully saturated rings. The van der Waals surface area contributed by atoms with E-state index in [1.54, 1.807) is 5.57 Å². The third-order valence-electron chi connectivity index (χ3n) is 7.02. The molecule has 3 aromatic carbocycles. The Morgan fingerprint density at radius 1 is 0.742 bits per heavy atom. The highest BCUT2D eigenvalue weighted by Gasteiger charge is 2.48. The molecule has 0 saturated carbocycles. The van der Waals surface area contributed by atoms with Crippen molar-refractivity contribution in [2.24, 2.45) is 5.92 Å². The second-order valence-corrected chi connectivity index (χ2v) is 13.2. The van der Waals surface area contributed by atoms with E-state index in [9.17, 15) is 0 Å². The number of rotatable bonds is 6. The summed E-state index contributed by atoms with van der Waals surface area (Å²) < 4.78 is 0. The van der Waals surface area contributed by atoms with E-state index >= 15 is 0 Å². The molecule has 0 N–H and O–H groups in total. The number of benzene rings is 3. The molecular weight excluding hydrogens is 388 g/mol. The van der Waals surface area contributed by atoms with E-state index in [2.05, 4.69) is 126 Å². The van der Waals surface area contributed by atoms with Crippen LogP contribution in [-0.4, -0.2) is 8.07 Å². The molecule has 4 rings (SSSR count). The smallest absolute Gasteiger partial charge is 0.0790 e. The molecule has 158 valence electrons. The quantitative estimate of drug-likeness (QED) is 0.338. The zero-order valence-electron chi connectivity index (χ0n) is 19.5. The molecule has 3 aromatic rings. The van der Waals surface area contributed by atoms with Crippen LogP contribution in [0, 0.1) is 26.7 Å². The number of hydrogen-bond donors (Lipinski definition) is 0. The van der Waals surface area contributed by atoms with Crippen LogP contribution in [-0.2, 0) is 0 Å². The first kappa shape index (κ1) is 21.6. The Bertz CT molecular complexity index is 1020. The topological polar surface area (TPSA) is 0 Å². The van der Waals surface area contributed by atoms with E-state index in [1.807, 2.05) is 0 Å². The van der Waals surface area contributed by atoms with Gasteiger partial charge in [0, 0.05) is 5.54 Å². The average molecular weight is 423 g/mol. The number of hydrogen-bond acceptors (Lipinski definition) is 0. The predicted octanol–water partition coefficient (Wildman–Crippen LogP) is 5.99. The minimum atomic E-state index is -2.38. The Balaban J connectivity index is 2.12. The fourth-order valence-corrected chi connectivity index (χ4v) is 11.1. The van der Waals surface area contributed by atoms with Crippen LogP contribution in [0.5, 0.6) is 0 Å². The van der Waals surface area contributed by atoms with E-state index < -0.39 is 8.07 Å².